The molecule has 0 saturated carbocycles. The molecule has 8 aliphatic heterocycles. The van der Waals surface area contributed by atoms with E-state index < -0.39 is 77.5 Å². The number of piperidine rings is 2. The minimum Gasteiger partial charge on any atom is -0.495 e. The van der Waals surface area contributed by atoms with E-state index in [1.54, 1.807) is 73.7 Å². The van der Waals surface area contributed by atoms with Gasteiger partial charge in [-0.15, -0.1) is 0 Å². The van der Waals surface area contributed by atoms with E-state index in [0.717, 1.165) is 188 Å². The molecule has 0 radical (unpaired) electrons. The number of amides is 12. The molecule has 133 heavy (non-hydrogen) atoms. The number of aliphatic carboxylic acids is 1. The molecule has 6 aromatic rings. The monoisotopic (exact) mass is 1850 g/mol. The number of ketones is 1. The number of anilines is 6. The summed E-state index contributed by atoms with van der Waals surface area (Å²) in [4.78, 5) is 208. The average molecular weight is 1850 g/mol. The molecule has 714 valence electrons. The van der Waals surface area contributed by atoms with E-state index in [1.165, 1.54) is 49.6 Å². The number of nitrogens with one attached hydrogen (secondary N) is 6. The van der Waals surface area contributed by atoms with E-state index in [1.807, 2.05) is 0 Å². The third-order valence-electron chi connectivity index (χ3n) is 24.6. The maximum atomic E-state index is 13.3. The van der Waals surface area contributed by atoms with Gasteiger partial charge in [-0.1, -0.05) is 91.2 Å². The van der Waals surface area contributed by atoms with E-state index in [4.69, 9.17) is 44.6 Å². The zero-order valence-electron chi connectivity index (χ0n) is 74.6. The van der Waals surface area contributed by atoms with Crippen LogP contribution < -0.4 is 75.3 Å². The first-order valence-corrected chi connectivity index (χ1v) is 44.4. The van der Waals surface area contributed by atoms with Crippen LogP contribution in [0.3, 0.4) is 0 Å². The van der Waals surface area contributed by atoms with Crippen LogP contribution in [0.5, 0.6) is 23.0 Å². The number of nitrogens with two attached hydrogens (primary N) is 1. The van der Waals surface area contributed by atoms with Crippen LogP contribution in [0, 0.1) is 0 Å². The van der Waals surface area contributed by atoms with Gasteiger partial charge < -0.3 is 66.0 Å². The number of rotatable bonds is 36. The summed E-state index contributed by atoms with van der Waals surface area (Å²) in [6, 6.07) is 16.4. The molecular weight excluding hydrogens is 1740 g/mol. The number of carbonyl (C=O) groups is 15. The Balaban J connectivity index is 0.000000216. The topological polar surface area (TPSA) is 496 Å². The number of aromatic carboxylic acids is 1. The lowest BCUT2D eigenvalue weighted by Gasteiger charge is -2.45. The molecule has 2 aromatic heterocycles. The summed E-state index contributed by atoms with van der Waals surface area (Å²) in [6.45, 7) is 8.77. The highest BCUT2D eigenvalue weighted by Gasteiger charge is 2.56. The molecule has 0 aliphatic carbocycles. The zero-order chi connectivity index (χ0) is 95.3. The minimum atomic E-state index is -5.08. The summed E-state index contributed by atoms with van der Waals surface area (Å²) < 4.78 is 55.1. The fraction of sp³-hybridized carbons (Fsp3) is 0.489. The second-order valence-corrected chi connectivity index (χ2v) is 33.1. The Morgan fingerprint density at radius 1 is 0.534 bits per heavy atom. The number of imide groups is 4. The number of hydrogen-bond donors (Lipinski definition) is 9. The predicted molar refractivity (Wildman–Crippen MR) is 482 cm³/mol. The van der Waals surface area contributed by atoms with Gasteiger partial charge in [-0.2, -0.15) is 23.1 Å². The zero-order valence-corrected chi connectivity index (χ0v) is 74.6. The molecule has 8 aliphatic rings. The number of carbonyl (C=O) groups excluding carboxylic acids is 13. The highest BCUT2D eigenvalue weighted by Crippen LogP contribution is 2.47. The number of hydrogen-bond acceptors (Lipinski definition) is 26. The summed E-state index contributed by atoms with van der Waals surface area (Å²) in [5.41, 5.74) is 8.99. The molecule has 12 amide bonds. The Bertz CT molecular complexity index is 5370. The lowest BCUT2D eigenvalue weighted by Crippen LogP contribution is -2.64. The molecule has 2 spiro atoms. The average Bonchev–Trinajstić information content (AvgIpc) is 1.64. The Labute approximate surface area is 766 Å². The van der Waals surface area contributed by atoms with Crippen molar-refractivity contribution in [1.82, 2.24) is 60.0 Å². The fourth-order valence-electron chi connectivity index (χ4n) is 17.9. The first-order chi connectivity index (χ1) is 63.3. The van der Waals surface area contributed by atoms with Crippen LogP contribution in [0.1, 0.15) is 238 Å². The fourth-order valence-corrected chi connectivity index (χ4v) is 17.9. The summed E-state index contributed by atoms with van der Waals surface area (Å²) in [6.07, 6.45) is 17.3. The van der Waals surface area contributed by atoms with Crippen molar-refractivity contribution in [2.45, 2.75) is 206 Å². The van der Waals surface area contributed by atoms with Crippen LogP contribution in [0.4, 0.5) is 59.5 Å². The lowest BCUT2D eigenvalue weighted by molar-refractivity contribution is -0.192. The summed E-state index contributed by atoms with van der Waals surface area (Å²) in [5.74, 6) is -5.51. The summed E-state index contributed by atoms with van der Waals surface area (Å²) in [7, 11) is 6.59. The number of carboxylic acids is 2. The largest absolute Gasteiger partial charge is 0.495 e. The van der Waals surface area contributed by atoms with Crippen LogP contribution in [0.25, 0.3) is 0 Å². The normalized spacial score (nSPS) is 18.3. The molecule has 4 fully saturated rings. The third kappa shape index (κ3) is 23.5. The van der Waals surface area contributed by atoms with Crippen molar-refractivity contribution in [3.05, 3.63) is 119 Å². The molecule has 10 N–H and O–H groups in total. The molecular formula is C92H116F3N17O21+2. The number of Topliss-reactive ketones (excluding diaryl/α,β-unsaturated/α-hetero) is 1. The van der Waals surface area contributed by atoms with Crippen molar-refractivity contribution in [2.75, 3.05) is 108 Å². The number of fused-ring (bicyclic) bond motifs is 6. The van der Waals surface area contributed by atoms with Crippen molar-refractivity contribution >= 4 is 135 Å². The first-order valence-electron chi connectivity index (χ1n) is 44.4. The van der Waals surface area contributed by atoms with Gasteiger partial charge in [-0.25, -0.2) is 19.6 Å². The van der Waals surface area contributed by atoms with E-state index in [-0.39, 0.29) is 127 Å². The number of alkyl halides is 3. The Morgan fingerprint density at radius 3 is 1.35 bits per heavy atom. The van der Waals surface area contributed by atoms with Crippen molar-refractivity contribution < 1.29 is 114 Å². The van der Waals surface area contributed by atoms with Crippen LogP contribution in [-0.4, -0.2) is 246 Å². The Morgan fingerprint density at radius 2 is 0.940 bits per heavy atom. The first kappa shape index (κ1) is 102. The molecule has 4 aromatic carbocycles. The van der Waals surface area contributed by atoms with E-state index >= 15 is 0 Å². The number of benzene rings is 4. The van der Waals surface area contributed by atoms with E-state index in [0.29, 0.717) is 68.8 Å². The number of methoxy groups -OCH3 is 2. The van der Waals surface area contributed by atoms with Crippen molar-refractivity contribution in [2.24, 2.45) is 5.73 Å². The number of aromatic nitrogens is 4. The van der Waals surface area contributed by atoms with Crippen molar-refractivity contribution in [1.29, 1.82) is 0 Å². The van der Waals surface area contributed by atoms with Gasteiger partial charge in [0, 0.05) is 90.5 Å². The SMILES string of the molecule is C.CC[C@@H]1C(=O)N(C)c2cnc(Nc3ccc(C(=O)NCCCCCCCCNC(=O)COc4cccc5c4C(=O)N(C4CCC(=O)NC4=O)C5=O)cc3OC)nc2[N+]12CCCC2.CC[C@@H]1C(=O)N(C)c2cnc(Nc3ccc(C(=O)O)cc3OC)nc2[N+]12CCCC2.NCCCCCCCCCC(=O)COc1cccc2c1C(=O)N(C1CCC(=O)NC1=O)C2=O.O=C(O)C(F)(F)F. The molecule has 41 heteroatoms. The van der Waals surface area contributed by atoms with Gasteiger partial charge in [-0.05, 0) is 106 Å². The van der Waals surface area contributed by atoms with Crippen molar-refractivity contribution in [3.8, 4) is 23.0 Å². The molecule has 38 nitrogen and oxygen atoms in total. The standard InChI is InChI=1S/C44H53N9O9.C24H31N3O6.C21H25N5O4.C2HF3O2.CH4/c1-4-32-42(59)51(2)31-25-47-44(50-38(31)53(32)22-11-12-23-53)48-29-17-16-27(24-34(29)61-3)39(56)46-21-10-8-6-5-7-9-20-45-36(55)26-62-33-15-13-14-28-37(33)43(60)52(41(28)58)30-18-19-35(54)49-40(30)57;25-14-7-5-3-1-2-4-6-9-16(28)15-33-19-11-8-10-17-21(19)24(32)27(23(17)31)18-12-13-20(29)26-22(18)30;1-4-16-19(27)25(2)15-12-22-21(24-18(15)26(16)9-5-6-10-26)23-14-8-7-13(20(28)29)11-17(14)30-3;3-2(4,5)1(6)7;/h13-17,24-25,30,32H,4-12,18-23,26H2,1-3H3,(H3-,45,46,47,48,49,50,54,55,56,57);8,10-11,18H,1-7,9,12-15,25H2,(H,26,29,30);7-8,11-12,16H,4-6,9-10H2,1-3H3,(H-,22,23,24,28,29);(H,6,7);1H4/p+2/t30?,32-;;16-;;/m1.1../s1. The van der Waals surface area contributed by atoms with E-state index in [9.17, 15) is 85.4 Å². The van der Waals surface area contributed by atoms with Crippen LogP contribution >= 0.6 is 0 Å². The second kappa shape index (κ2) is 46.1. The quantitative estimate of drug-likeness (QED) is 0.0100. The van der Waals surface area contributed by atoms with E-state index in [2.05, 4.69) is 55.7 Å². The number of likely N-dealkylation sites (N-methyl/N-ethyl adjacent to an activating group) is 2. The van der Waals surface area contributed by atoms with Crippen LogP contribution in [0.2, 0.25) is 0 Å². The Kier molecular flexibility index (Phi) is 35.2. The number of quaternary nitrogens is 2. The number of carboxylic acid groups (broad SMARTS) is 2. The van der Waals surface area contributed by atoms with Gasteiger partial charge >= 0.3 is 18.1 Å². The Hall–Kier alpha value is -13.4. The van der Waals surface area contributed by atoms with Gasteiger partial charge in [0.1, 0.15) is 53.1 Å². The molecule has 2 unspecified atom stereocenters. The van der Waals surface area contributed by atoms with Gasteiger partial charge in [0.05, 0.1) is 92.0 Å². The maximum absolute atomic E-state index is 13.3. The number of halogens is 3. The molecule has 4 saturated heterocycles. The number of ether oxygens (including phenoxy) is 4. The second-order valence-electron chi connectivity index (χ2n) is 33.1. The minimum absolute atomic E-state index is 0. The van der Waals surface area contributed by atoms with Gasteiger partial charge in [0.2, 0.25) is 35.5 Å². The molecule has 10 heterocycles. The summed E-state index contributed by atoms with van der Waals surface area (Å²) in [5, 5.41) is 32.9. The number of unbranched alkanes of at least 4 members (excludes halogenated alkanes) is 11. The predicted octanol–water partition coefficient (Wildman–Crippen LogP) is 9.92. The van der Waals surface area contributed by atoms with Crippen molar-refractivity contribution in [3.63, 3.8) is 0 Å². The molecule has 4 atom stereocenters. The summed E-state index contributed by atoms with van der Waals surface area (Å²) >= 11 is 0. The molecule has 14 rings (SSSR count). The van der Waals surface area contributed by atoms with Gasteiger partial charge in [-0.3, -0.25) is 91.7 Å². The molecule has 0 bridgehead atoms. The maximum Gasteiger partial charge on any atom is 0.490 e. The lowest BCUT2D eigenvalue weighted by atomic mass is 10.0. The van der Waals surface area contributed by atoms with Gasteiger partial charge in [0.25, 0.3) is 58.9 Å². The third-order valence-corrected chi connectivity index (χ3v) is 24.6. The highest BCUT2D eigenvalue weighted by molar-refractivity contribution is 6.26. The van der Waals surface area contributed by atoms with Crippen LogP contribution in [0.15, 0.2) is 85.2 Å². The van der Waals surface area contributed by atoms with Gasteiger partial charge in [0.15, 0.2) is 24.5 Å². The number of nitrogens with zero attached hydrogens (tertiary/aromatic N) is 10. The van der Waals surface area contributed by atoms with Crippen LogP contribution in [-0.2, 0) is 43.2 Å². The highest BCUT2D eigenvalue weighted by atomic mass is 19.4. The smallest absolute Gasteiger partial charge is 0.490 e.